The normalized spacial score (nSPS) is 16.3. The van der Waals surface area contributed by atoms with Crippen LogP contribution in [0.25, 0.3) is 6.08 Å². The first-order chi connectivity index (χ1) is 11.5. The van der Waals surface area contributed by atoms with Crippen LogP contribution in [-0.2, 0) is 9.59 Å². The third kappa shape index (κ3) is 4.48. The molecule has 5 nitrogen and oxygen atoms in total. The molecule has 0 aromatic carbocycles. The van der Waals surface area contributed by atoms with Crippen molar-refractivity contribution in [2.24, 2.45) is 0 Å². The first-order valence-corrected chi connectivity index (χ1v) is 9.69. The molecule has 1 aromatic heterocycles. The minimum Gasteiger partial charge on any atom is -0.341 e. The van der Waals surface area contributed by atoms with Crippen LogP contribution in [-0.4, -0.2) is 46.5 Å². The van der Waals surface area contributed by atoms with Gasteiger partial charge in [0.25, 0.3) is 11.1 Å². The van der Waals surface area contributed by atoms with Gasteiger partial charge in [0, 0.05) is 22.8 Å². The molecular formula is C17H22N2O3S2. The summed E-state index contributed by atoms with van der Waals surface area (Å²) in [5.41, 5.74) is 0. The summed E-state index contributed by atoms with van der Waals surface area (Å²) in [4.78, 5) is 42.2. The van der Waals surface area contributed by atoms with Gasteiger partial charge in [-0.3, -0.25) is 19.3 Å². The van der Waals surface area contributed by atoms with Gasteiger partial charge in [-0.25, -0.2) is 0 Å². The summed E-state index contributed by atoms with van der Waals surface area (Å²) >= 11 is 2.46. The van der Waals surface area contributed by atoms with E-state index in [9.17, 15) is 14.4 Å². The highest BCUT2D eigenvalue weighted by atomic mass is 32.2. The zero-order valence-corrected chi connectivity index (χ0v) is 15.8. The van der Waals surface area contributed by atoms with Crippen molar-refractivity contribution in [2.75, 3.05) is 19.6 Å². The summed E-state index contributed by atoms with van der Waals surface area (Å²) in [6.07, 6.45) is 3.43. The second-order valence-electron chi connectivity index (χ2n) is 5.60. The Morgan fingerprint density at radius 2 is 1.88 bits per heavy atom. The van der Waals surface area contributed by atoms with Gasteiger partial charge in [0.15, 0.2) is 0 Å². The monoisotopic (exact) mass is 366 g/mol. The molecule has 0 spiro atoms. The molecular weight excluding hydrogens is 344 g/mol. The van der Waals surface area contributed by atoms with E-state index in [0.29, 0.717) is 18.0 Å². The second kappa shape index (κ2) is 8.48. The summed E-state index contributed by atoms with van der Waals surface area (Å²) in [6.45, 7) is 7.11. The van der Waals surface area contributed by atoms with Crippen molar-refractivity contribution in [1.29, 1.82) is 0 Å². The first kappa shape index (κ1) is 18.7. The lowest BCUT2D eigenvalue weighted by atomic mass is 10.3. The van der Waals surface area contributed by atoms with Crippen LogP contribution in [0.2, 0.25) is 0 Å². The molecule has 0 bridgehead atoms. The van der Waals surface area contributed by atoms with Crippen LogP contribution in [0, 0.1) is 6.92 Å². The number of nitrogens with zero attached hydrogens (tertiary/aromatic N) is 2. The summed E-state index contributed by atoms with van der Waals surface area (Å²) in [7, 11) is 0. The Hall–Kier alpha value is -1.60. The predicted octanol–water partition coefficient (Wildman–Crippen LogP) is 3.74. The van der Waals surface area contributed by atoms with Gasteiger partial charge >= 0.3 is 0 Å². The number of amides is 3. The van der Waals surface area contributed by atoms with Crippen LogP contribution >= 0.6 is 23.1 Å². The van der Waals surface area contributed by atoms with Crippen LogP contribution in [0.5, 0.6) is 0 Å². The molecule has 1 aliphatic heterocycles. The summed E-state index contributed by atoms with van der Waals surface area (Å²) < 4.78 is 0. The molecule has 0 radical (unpaired) electrons. The Labute approximate surface area is 150 Å². The molecule has 1 fully saturated rings. The number of aryl methyl sites for hydroxylation is 1. The van der Waals surface area contributed by atoms with Crippen LogP contribution in [0.15, 0.2) is 17.0 Å². The van der Waals surface area contributed by atoms with Crippen LogP contribution < -0.4 is 0 Å². The van der Waals surface area contributed by atoms with Gasteiger partial charge in [-0.15, -0.1) is 11.3 Å². The zero-order chi connectivity index (χ0) is 17.7. The predicted molar refractivity (Wildman–Crippen MR) is 98.9 cm³/mol. The van der Waals surface area contributed by atoms with Crippen molar-refractivity contribution in [3.8, 4) is 0 Å². The topological polar surface area (TPSA) is 57.7 Å². The average Bonchev–Trinajstić information content (AvgIpc) is 3.05. The number of imide groups is 1. The molecule has 0 N–H and O–H groups in total. The summed E-state index contributed by atoms with van der Waals surface area (Å²) in [5, 5.41) is -0.374. The van der Waals surface area contributed by atoms with E-state index in [1.165, 1.54) is 0 Å². The quantitative estimate of drug-likeness (QED) is 0.690. The van der Waals surface area contributed by atoms with Gasteiger partial charge in [-0.1, -0.05) is 13.8 Å². The maximum absolute atomic E-state index is 12.5. The van der Waals surface area contributed by atoms with Crippen molar-refractivity contribution in [3.05, 3.63) is 26.8 Å². The van der Waals surface area contributed by atoms with Crippen molar-refractivity contribution >= 4 is 46.2 Å². The van der Waals surface area contributed by atoms with Crippen molar-refractivity contribution in [1.82, 2.24) is 9.80 Å². The summed E-state index contributed by atoms with van der Waals surface area (Å²) in [6, 6.07) is 3.89. The van der Waals surface area contributed by atoms with Gasteiger partial charge in [0.1, 0.15) is 6.54 Å². The molecule has 2 rings (SSSR count). The van der Waals surface area contributed by atoms with Crippen molar-refractivity contribution in [3.63, 3.8) is 0 Å². The molecule has 130 valence electrons. The lowest BCUT2D eigenvalue weighted by Crippen LogP contribution is -2.42. The molecule has 2 heterocycles. The maximum Gasteiger partial charge on any atom is 0.294 e. The molecule has 1 aromatic rings. The number of carbonyl (C=O) groups is 3. The Kier molecular flexibility index (Phi) is 6.62. The van der Waals surface area contributed by atoms with E-state index in [1.807, 2.05) is 32.9 Å². The maximum atomic E-state index is 12.5. The second-order valence-corrected chi connectivity index (χ2v) is 7.91. The molecule has 0 aliphatic carbocycles. The Bertz CT molecular complexity index is 661. The van der Waals surface area contributed by atoms with Gasteiger partial charge in [-0.05, 0) is 49.7 Å². The molecule has 7 heteroatoms. The number of hydrogen-bond donors (Lipinski definition) is 0. The fourth-order valence-electron chi connectivity index (χ4n) is 2.43. The zero-order valence-electron chi connectivity index (χ0n) is 14.2. The molecule has 0 atom stereocenters. The molecule has 1 saturated heterocycles. The molecule has 1 aliphatic rings. The standard InChI is InChI=1S/C17H22N2O3S2/c1-4-8-18(9-5-2)15(20)11-19-16(21)14(24-17(19)22)10-13-7-6-12(3)23-13/h6-7,10H,4-5,8-9,11H2,1-3H3/b14-10-. The van der Waals surface area contributed by atoms with E-state index in [0.717, 1.165) is 39.3 Å². The highest BCUT2D eigenvalue weighted by molar-refractivity contribution is 8.18. The van der Waals surface area contributed by atoms with Crippen LogP contribution in [0.1, 0.15) is 36.4 Å². The Morgan fingerprint density at radius 1 is 1.21 bits per heavy atom. The third-order valence-corrected chi connectivity index (χ3v) is 5.40. The molecule has 24 heavy (non-hydrogen) atoms. The van der Waals surface area contributed by atoms with Gasteiger partial charge in [0.2, 0.25) is 5.91 Å². The Morgan fingerprint density at radius 3 is 2.42 bits per heavy atom. The first-order valence-electron chi connectivity index (χ1n) is 8.05. The van der Waals surface area contributed by atoms with Gasteiger partial charge < -0.3 is 4.90 Å². The van der Waals surface area contributed by atoms with E-state index >= 15 is 0 Å². The minimum atomic E-state index is -0.377. The number of thioether (sulfide) groups is 1. The van der Waals surface area contributed by atoms with Gasteiger partial charge in [0.05, 0.1) is 4.91 Å². The minimum absolute atomic E-state index is 0.172. The smallest absolute Gasteiger partial charge is 0.294 e. The lowest BCUT2D eigenvalue weighted by molar-refractivity contribution is -0.135. The molecule has 0 unspecified atom stereocenters. The van der Waals surface area contributed by atoms with E-state index in [-0.39, 0.29) is 23.6 Å². The van der Waals surface area contributed by atoms with Crippen molar-refractivity contribution in [2.45, 2.75) is 33.6 Å². The number of thiophene rings is 1. The van der Waals surface area contributed by atoms with E-state index < -0.39 is 0 Å². The number of carbonyl (C=O) groups excluding carboxylic acids is 3. The van der Waals surface area contributed by atoms with Crippen molar-refractivity contribution < 1.29 is 14.4 Å². The summed E-state index contributed by atoms with van der Waals surface area (Å²) in [5.74, 6) is -0.549. The largest absolute Gasteiger partial charge is 0.341 e. The van der Waals surface area contributed by atoms with Crippen LogP contribution in [0.4, 0.5) is 4.79 Å². The fourth-order valence-corrected chi connectivity index (χ4v) is 4.16. The van der Waals surface area contributed by atoms with E-state index in [2.05, 4.69) is 0 Å². The lowest BCUT2D eigenvalue weighted by Gasteiger charge is -2.23. The third-order valence-electron chi connectivity index (χ3n) is 3.54. The molecule has 0 saturated carbocycles. The number of hydrogen-bond acceptors (Lipinski definition) is 5. The van der Waals surface area contributed by atoms with E-state index in [1.54, 1.807) is 22.3 Å². The SMILES string of the molecule is CCCN(CCC)C(=O)CN1C(=O)S/C(=C\c2ccc(C)s2)C1=O. The van der Waals surface area contributed by atoms with Gasteiger partial charge in [-0.2, -0.15) is 0 Å². The Balaban J connectivity index is 2.08. The van der Waals surface area contributed by atoms with E-state index in [4.69, 9.17) is 0 Å². The highest BCUT2D eigenvalue weighted by Gasteiger charge is 2.37. The average molecular weight is 367 g/mol. The highest BCUT2D eigenvalue weighted by Crippen LogP contribution is 2.33. The fraction of sp³-hybridized carbons (Fsp3) is 0.471. The molecule has 3 amide bonds. The number of rotatable bonds is 7. The van der Waals surface area contributed by atoms with Crippen LogP contribution in [0.3, 0.4) is 0 Å².